The molecule has 10 heteroatoms. The smallest absolute Gasteiger partial charge is 0.276 e. The van der Waals surface area contributed by atoms with Gasteiger partial charge in [-0.15, -0.1) is 0 Å². The fourth-order valence-corrected chi connectivity index (χ4v) is 4.24. The summed E-state index contributed by atoms with van der Waals surface area (Å²) >= 11 is 2.12. The van der Waals surface area contributed by atoms with Gasteiger partial charge in [-0.25, -0.2) is 5.01 Å². The molecular formula is C23H18IN3O6. The molecule has 5 rings (SSSR count). The third-order valence-corrected chi connectivity index (χ3v) is 6.05. The van der Waals surface area contributed by atoms with Crippen LogP contribution in [0, 0.1) is 3.57 Å². The minimum Gasteiger partial charge on any atom is -0.504 e. The number of ether oxygens (including phenoxy) is 3. The number of halogens is 1. The monoisotopic (exact) mass is 559 g/mol. The number of methoxy groups -OCH3 is 1. The van der Waals surface area contributed by atoms with E-state index in [4.69, 9.17) is 14.2 Å². The van der Waals surface area contributed by atoms with Gasteiger partial charge in [0.15, 0.2) is 29.2 Å². The van der Waals surface area contributed by atoms with Crippen molar-refractivity contribution in [2.45, 2.75) is 6.17 Å². The molecule has 33 heavy (non-hydrogen) atoms. The third-order valence-electron chi connectivity index (χ3n) is 5.38. The summed E-state index contributed by atoms with van der Waals surface area (Å²) in [5.41, 5.74) is 4.31. The molecule has 1 atom stereocenters. The zero-order chi connectivity index (χ0) is 23.1. The van der Waals surface area contributed by atoms with E-state index in [9.17, 15) is 14.7 Å². The number of para-hydroxylation sites is 1. The Morgan fingerprint density at radius 3 is 2.82 bits per heavy atom. The van der Waals surface area contributed by atoms with Crippen LogP contribution in [0.4, 0.5) is 5.69 Å². The van der Waals surface area contributed by atoms with Crippen molar-refractivity contribution in [3.05, 3.63) is 74.9 Å². The van der Waals surface area contributed by atoms with E-state index >= 15 is 0 Å². The summed E-state index contributed by atoms with van der Waals surface area (Å²) in [6, 6.07) is 15.1. The Bertz CT molecular complexity index is 1280. The number of amides is 2. The van der Waals surface area contributed by atoms with Gasteiger partial charge in [-0.3, -0.25) is 15.0 Å². The second-order valence-electron chi connectivity index (χ2n) is 7.32. The lowest BCUT2D eigenvalue weighted by Gasteiger charge is -2.38. The van der Waals surface area contributed by atoms with Crippen molar-refractivity contribution in [3.63, 3.8) is 0 Å². The van der Waals surface area contributed by atoms with Crippen molar-refractivity contribution in [3.8, 4) is 23.0 Å². The summed E-state index contributed by atoms with van der Waals surface area (Å²) in [6.07, 6.45) is -0.891. The van der Waals surface area contributed by atoms with Crippen LogP contribution in [0.3, 0.4) is 0 Å². The van der Waals surface area contributed by atoms with E-state index in [2.05, 4.69) is 33.3 Å². The molecule has 3 N–H and O–H groups in total. The minimum atomic E-state index is -0.891. The number of aromatic hydroxyl groups is 1. The number of carbonyl (C=O) groups excluding carboxylic acids is 2. The highest BCUT2D eigenvalue weighted by Crippen LogP contribution is 2.40. The standard InChI is InChI=1S/C23H18IN3O6/c1-31-18-4-2-3-14(20(18)28)21-25-16-7-6-13(24)10-15(16)23(30)27(21)26-22(29)12-5-8-17-19(9-12)33-11-32-17/h2-10,21,25,28H,11H2,1H3,(H,26,29). The predicted molar refractivity (Wildman–Crippen MR) is 126 cm³/mol. The first-order valence-corrected chi connectivity index (χ1v) is 11.0. The van der Waals surface area contributed by atoms with Crippen LogP contribution < -0.4 is 25.0 Å². The van der Waals surface area contributed by atoms with E-state index in [0.29, 0.717) is 28.3 Å². The lowest BCUT2D eigenvalue weighted by molar-refractivity contribution is 0.0488. The average Bonchev–Trinajstić information content (AvgIpc) is 3.29. The minimum absolute atomic E-state index is 0.0849. The first kappa shape index (κ1) is 21.2. The van der Waals surface area contributed by atoms with E-state index in [1.54, 1.807) is 48.5 Å². The zero-order valence-electron chi connectivity index (χ0n) is 17.3. The zero-order valence-corrected chi connectivity index (χ0v) is 19.5. The van der Waals surface area contributed by atoms with Gasteiger partial charge in [0.2, 0.25) is 6.79 Å². The highest BCUT2D eigenvalue weighted by molar-refractivity contribution is 14.1. The number of hydrogen-bond donors (Lipinski definition) is 3. The maximum Gasteiger partial charge on any atom is 0.276 e. The topological polar surface area (TPSA) is 109 Å². The molecule has 0 saturated carbocycles. The first-order chi connectivity index (χ1) is 16.0. The number of hydrogen-bond acceptors (Lipinski definition) is 7. The predicted octanol–water partition coefficient (Wildman–Crippen LogP) is 3.65. The van der Waals surface area contributed by atoms with Crippen LogP contribution in [0.15, 0.2) is 54.6 Å². The number of benzene rings is 3. The van der Waals surface area contributed by atoms with Crippen molar-refractivity contribution < 1.29 is 28.9 Å². The number of nitrogens with one attached hydrogen (secondary N) is 2. The van der Waals surface area contributed by atoms with Crippen molar-refractivity contribution in [2.24, 2.45) is 0 Å². The SMILES string of the molecule is COc1cccc(C2Nc3ccc(I)cc3C(=O)N2NC(=O)c2ccc3c(c2)OCO3)c1O. The van der Waals surface area contributed by atoms with Gasteiger partial charge in [0.25, 0.3) is 11.8 Å². The lowest BCUT2D eigenvalue weighted by Crippen LogP contribution is -2.52. The van der Waals surface area contributed by atoms with Crippen LogP contribution >= 0.6 is 22.6 Å². The molecule has 2 aliphatic rings. The van der Waals surface area contributed by atoms with Crippen molar-refractivity contribution >= 4 is 40.1 Å². The van der Waals surface area contributed by atoms with Gasteiger partial charge in [0.1, 0.15) is 0 Å². The van der Waals surface area contributed by atoms with Crippen LogP contribution in [-0.2, 0) is 0 Å². The van der Waals surface area contributed by atoms with Gasteiger partial charge in [0, 0.05) is 20.4 Å². The largest absolute Gasteiger partial charge is 0.504 e. The molecule has 0 bridgehead atoms. The highest BCUT2D eigenvalue weighted by Gasteiger charge is 2.36. The molecule has 3 aromatic rings. The Kier molecular flexibility index (Phi) is 5.36. The van der Waals surface area contributed by atoms with Gasteiger partial charge < -0.3 is 24.6 Å². The Hall–Kier alpha value is -3.67. The molecule has 0 aromatic heterocycles. The van der Waals surface area contributed by atoms with E-state index in [0.717, 1.165) is 3.57 Å². The first-order valence-electron chi connectivity index (χ1n) is 9.92. The van der Waals surface area contributed by atoms with Crippen LogP contribution in [0.1, 0.15) is 32.4 Å². The second kappa shape index (κ2) is 8.35. The summed E-state index contributed by atoms with van der Waals surface area (Å²) in [5.74, 6) is 0.157. The molecule has 9 nitrogen and oxygen atoms in total. The normalized spacial score (nSPS) is 16.1. The summed E-state index contributed by atoms with van der Waals surface area (Å²) in [4.78, 5) is 26.6. The highest BCUT2D eigenvalue weighted by atomic mass is 127. The fourth-order valence-electron chi connectivity index (χ4n) is 3.75. The number of fused-ring (bicyclic) bond motifs is 2. The van der Waals surface area contributed by atoms with E-state index in [1.807, 2.05) is 6.07 Å². The number of rotatable bonds is 4. The van der Waals surface area contributed by atoms with E-state index in [1.165, 1.54) is 12.1 Å². The molecule has 168 valence electrons. The van der Waals surface area contributed by atoms with Crippen molar-refractivity contribution in [1.82, 2.24) is 10.4 Å². The van der Waals surface area contributed by atoms with Crippen LogP contribution in [0.2, 0.25) is 0 Å². The number of carbonyl (C=O) groups is 2. The van der Waals surface area contributed by atoms with Crippen molar-refractivity contribution in [1.29, 1.82) is 0 Å². The molecule has 2 heterocycles. The number of phenolic OH excluding ortho intramolecular Hbond substituents is 1. The molecule has 2 aliphatic heterocycles. The van der Waals surface area contributed by atoms with E-state index < -0.39 is 18.0 Å². The molecule has 3 aromatic carbocycles. The van der Waals surface area contributed by atoms with Gasteiger partial charge in [-0.05, 0) is 65.1 Å². The Balaban J connectivity index is 1.54. The molecule has 0 spiro atoms. The number of hydrazine groups is 1. The molecule has 2 amide bonds. The average molecular weight is 559 g/mol. The summed E-state index contributed by atoms with van der Waals surface area (Å²) in [7, 11) is 1.44. The Morgan fingerprint density at radius 1 is 1.18 bits per heavy atom. The summed E-state index contributed by atoms with van der Waals surface area (Å²) < 4.78 is 16.7. The van der Waals surface area contributed by atoms with Gasteiger partial charge in [0.05, 0.1) is 12.7 Å². The number of phenols is 1. The molecule has 0 fully saturated rings. The molecule has 0 saturated heterocycles. The maximum atomic E-state index is 13.5. The van der Waals surface area contributed by atoms with Crippen LogP contribution in [-0.4, -0.2) is 35.8 Å². The Morgan fingerprint density at radius 2 is 2.00 bits per heavy atom. The summed E-state index contributed by atoms with van der Waals surface area (Å²) in [5, 5.41) is 15.2. The van der Waals surface area contributed by atoms with Gasteiger partial charge in [-0.2, -0.15) is 0 Å². The quantitative estimate of drug-likeness (QED) is 0.419. The maximum absolute atomic E-state index is 13.5. The fraction of sp³-hybridized carbons (Fsp3) is 0.130. The van der Waals surface area contributed by atoms with E-state index in [-0.39, 0.29) is 23.9 Å². The van der Waals surface area contributed by atoms with Crippen LogP contribution in [0.5, 0.6) is 23.0 Å². The lowest BCUT2D eigenvalue weighted by atomic mass is 10.0. The molecule has 0 radical (unpaired) electrons. The second-order valence-corrected chi connectivity index (χ2v) is 8.56. The van der Waals surface area contributed by atoms with Gasteiger partial charge in [-0.1, -0.05) is 12.1 Å². The molecule has 0 aliphatic carbocycles. The van der Waals surface area contributed by atoms with Crippen LogP contribution in [0.25, 0.3) is 0 Å². The van der Waals surface area contributed by atoms with Crippen molar-refractivity contribution in [2.75, 3.05) is 19.2 Å². The molecular weight excluding hydrogens is 541 g/mol. The molecule has 1 unspecified atom stereocenters. The third kappa shape index (κ3) is 3.75. The Labute approximate surface area is 202 Å². The summed E-state index contributed by atoms with van der Waals surface area (Å²) in [6.45, 7) is 0.0849. The van der Waals surface area contributed by atoms with Gasteiger partial charge >= 0.3 is 0 Å². The number of anilines is 1. The number of nitrogens with zero attached hydrogens (tertiary/aromatic N) is 1.